The third-order valence-electron chi connectivity index (χ3n) is 6.89. The van der Waals surface area contributed by atoms with Crippen molar-refractivity contribution in [3.8, 4) is 0 Å². The lowest BCUT2D eigenvalue weighted by Gasteiger charge is -2.43. The number of benzene rings is 4. The van der Waals surface area contributed by atoms with Gasteiger partial charge >= 0.3 is 12.1 Å². The van der Waals surface area contributed by atoms with E-state index in [4.69, 9.17) is 4.74 Å². The van der Waals surface area contributed by atoms with Crippen LogP contribution >= 0.6 is 0 Å². The van der Waals surface area contributed by atoms with E-state index < -0.39 is 23.1 Å². The molecule has 1 amide bonds. The van der Waals surface area contributed by atoms with Crippen molar-refractivity contribution >= 4 is 12.1 Å². The summed E-state index contributed by atoms with van der Waals surface area (Å²) in [7, 11) is 0. The first kappa shape index (κ1) is 27.6. The van der Waals surface area contributed by atoms with Crippen molar-refractivity contribution in [2.75, 3.05) is 6.54 Å². The lowest BCUT2D eigenvalue weighted by molar-refractivity contribution is -0.145. The van der Waals surface area contributed by atoms with Gasteiger partial charge in [0.1, 0.15) is 12.1 Å². The van der Waals surface area contributed by atoms with E-state index in [9.17, 15) is 14.7 Å². The van der Waals surface area contributed by atoms with Crippen molar-refractivity contribution in [1.29, 1.82) is 0 Å². The number of ether oxygens (including phenoxy) is 1. The van der Waals surface area contributed by atoms with Crippen molar-refractivity contribution in [3.05, 3.63) is 144 Å². The van der Waals surface area contributed by atoms with Crippen molar-refractivity contribution in [2.45, 2.75) is 37.5 Å². The molecule has 6 nitrogen and oxygen atoms in total. The third-order valence-corrected chi connectivity index (χ3v) is 6.89. The number of nitrogens with one attached hydrogen (secondary N) is 2. The largest absolute Gasteiger partial charge is 0.480 e. The van der Waals surface area contributed by atoms with Gasteiger partial charge in [-0.2, -0.15) is 0 Å². The van der Waals surface area contributed by atoms with Gasteiger partial charge in [0.2, 0.25) is 0 Å². The fourth-order valence-electron chi connectivity index (χ4n) is 4.82. The number of carbonyl (C=O) groups is 2. The van der Waals surface area contributed by atoms with Crippen LogP contribution in [-0.2, 0) is 21.7 Å². The summed E-state index contributed by atoms with van der Waals surface area (Å²) in [5.74, 6) is -0.971. The molecule has 1 atom stereocenters. The molecule has 0 heterocycles. The Labute approximate surface area is 229 Å². The second-order valence-electron chi connectivity index (χ2n) is 9.70. The summed E-state index contributed by atoms with van der Waals surface area (Å²) in [4.78, 5) is 25.0. The van der Waals surface area contributed by atoms with Crippen LogP contribution < -0.4 is 10.6 Å². The predicted molar refractivity (Wildman–Crippen MR) is 152 cm³/mol. The van der Waals surface area contributed by atoms with Crippen LogP contribution in [0, 0.1) is 0 Å². The van der Waals surface area contributed by atoms with E-state index in [1.165, 1.54) is 0 Å². The summed E-state index contributed by atoms with van der Waals surface area (Å²) in [6, 6.07) is 39.1. The first-order chi connectivity index (χ1) is 18.9. The van der Waals surface area contributed by atoms with Gasteiger partial charge in [0.05, 0.1) is 5.54 Å². The summed E-state index contributed by atoms with van der Waals surface area (Å²) in [5.41, 5.74) is 1.43. The molecule has 0 fully saturated rings. The topological polar surface area (TPSA) is 87.7 Å². The predicted octanol–water partition coefficient (Wildman–Crippen LogP) is 6.12. The van der Waals surface area contributed by atoms with E-state index in [1.54, 1.807) is 6.92 Å². The van der Waals surface area contributed by atoms with Crippen LogP contribution in [-0.4, -0.2) is 29.3 Å². The van der Waals surface area contributed by atoms with Gasteiger partial charge in [0, 0.05) is 6.54 Å². The quantitative estimate of drug-likeness (QED) is 0.154. The number of carboxylic acid groups (broad SMARTS) is 1. The Kier molecular flexibility index (Phi) is 9.13. The fourth-order valence-corrected chi connectivity index (χ4v) is 4.82. The highest BCUT2D eigenvalue weighted by Crippen LogP contribution is 2.39. The van der Waals surface area contributed by atoms with E-state index in [2.05, 4.69) is 10.6 Å². The van der Waals surface area contributed by atoms with E-state index in [-0.39, 0.29) is 19.6 Å². The molecule has 4 rings (SSSR count). The highest BCUT2D eigenvalue weighted by molar-refractivity contribution is 5.79. The van der Waals surface area contributed by atoms with Crippen LogP contribution in [0.3, 0.4) is 0 Å². The van der Waals surface area contributed by atoms with Gasteiger partial charge in [-0.15, -0.1) is 0 Å². The number of carboxylic acids is 1. The van der Waals surface area contributed by atoms with E-state index in [1.807, 2.05) is 121 Å². The molecule has 0 unspecified atom stereocenters. The summed E-state index contributed by atoms with van der Waals surface area (Å²) in [6.45, 7) is 2.16. The number of hydrogen-bond acceptors (Lipinski definition) is 4. The molecule has 0 spiro atoms. The van der Waals surface area contributed by atoms with Crippen LogP contribution in [0.2, 0.25) is 0 Å². The zero-order valence-electron chi connectivity index (χ0n) is 22.0. The van der Waals surface area contributed by atoms with Gasteiger partial charge in [0.15, 0.2) is 0 Å². The maximum atomic E-state index is 12.8. The Morgan fingerprint density at radius 2 is 1.15 bits per heavy atom. The first-order valence-electron chi connectivity index (χ1n) is 13.1. The summed E-state index contributed by atoms with van der Waals surface area (Å²) >= 11 is 0. The smallest absolute Gasteiger partial charge is 0.407 e. The molecule has 0 aliphatic rings. The maximum absolute atomic E-state index is 12.8. The summed E-state index contributed by atoms with van der Waals surface area (Å²) < 4.78 is 5.28. The van der Waals surface area contributed by atoms with Crippen molar-refractivity contribution in [1.82, 2.24) is 10.6 Å². The molecule has 3 N–H and O–H groups in total. The minimum atomic E-state index is -1.32. The molecule has 39 heavy (non-hydrogen) atoms. The van der Waals surface area contributed by atoms with Crippen LogP contribution in [0.4, 0.5) is 4.79 Å². The number of aliphatic carboxylic acids is 1. The van der Waals surface area contributed by atoms with Crippen molar-refractivity contribution in [2.24, 2.45) is 0 Å². The molecule has 0 aliphatic heterocycles. The molecule has 0 saturated carbocycles. The van der Waals surface area contributed by atoms with Gasteiger partial charge in [0.25, 0.3) is 0 Å². The Bertz CT molecular complexity index is 1230. The Hall–Kier alpha value is -4.42. The zero-order valence-corrected chi connectivity index (χ0v) is 22.0. The molecule has 0 radical (unpaired) electrons. The Balaban J connectivity index is 1.56. The average molecular weight is 523 g/mol. The van der Waals surface area contributed by atoms with E-state index in [0.29, 0.717) is 6.42 Å². The van der Waals surface area contributed by atoms with Gasteiger partial charge in [-0.05, 0) is 42.0 Å². The number of carbonyl (C=O) groups excluding carboxylic acids is 1. The number of rotatable bonds is 12. The monoisotopic (exact) mass is 522 g/mol. The number of amides is 1. The zero-order chi connectivity index (χ0) is 27.6. The van der Waals surface area contributed by atoms with Gasteiger partial charge < -0.3 is 15.2 Å². The lowest BCUT2D eigenvalue weighted by atomic mass is 9.74. The Morgan fingerprint density at radius 1 is 0.718 bits per heavy atom. The molecule has 6 heteroatoms. The molecule has 4 aromatic rings. The maximum Gasteiger partial charge on any atom is 0.407 e. The molecule has 0 aromatic heterocycles. The van der Waals surface area contributed by atoms with Gasteiger partial charge in [-0.25, -0.2) is 4.79 Å². The fraction of sp³-hybridized carbons (Fsp3) is 0.212. The standard InChI is InChI=1S/C33H34N2O4/c1-32(30(36)37,23-14-24-34-31(38)39-25-26-15-6-2-7-16-26)35-33(27-17-8-3-9-18-27,28-19-10-4-11-20-28)29-21-12-5-13-22-29/h2-13,15-22,35H,14,23-25H2,1H3,(H,34,38)(H,36,37)/t32-/m0/s1. The normalized spacial score (nSPS) is 12.7. The number of alkyl carbamates (subject to hydrolysis) is 1. The summed E-state index contributed by atoms with van der Waals surface area (Å²) in [6.07, 6.45) is 0.177. The van der Waals surface area contributed by atoms with E-state index in [0.717, 1.165) is 22.3 Å². The minimum absolute atomic E-state index is 0.175. The highest BCUT2D eigenvalue weighted by Gasteiger charge is 2.45. The number of hydrogen-bond donors (Lipinski definition) is 3. The molecular formula is C33H34N2O4. The molecule has 0 bridgehead atoms. The Morgan fingerprint density at radius 3 is 1.59 bits per heavy atom. The molecular weight excluding hydrogens is 488 g/mol. The minimum Gasteiger partial charge on any atom is -0.480 e. The second-order valence-corrected chi connectivity index (χ2v) is 9.70. The SMILES string of the molecule is C[C@@](CCCNC(=O)OCc1ccccc1)(NC(c1ccccc1)(c1ccccc1)c1ccccc1)C(=O)O. The van der Waals surface area contributed by atoms with Gasteiger partial charge in [-0.3, -0.25) is 10.1 Å². The molecule has 0 aliphatic carbocycles. The molecule has 0 saturated heterocycles. The lowest BCUT2D eigenvalue weighted by Crippen LogP contribution is -2.60. The third kappa shape index (κ3) is 6.72. The van der Waals surface area contributed by atoms with Crippen molar-refractivity contribution in [3.63, 3.8) is 0 Å². The summed E-state index contributed by atoms with van der Waals surface area (Å²) in [5, 5.41) is 16.8. The first-order valence-corrected chi connectivity index (χ1v) is 13.1. The highest BCUT2D eigenvalue weighted by atomic mass is 16.5. The molecule has 4 aromatic carbocycles. The van der Waals surface area contributed by atoms with E-state index >= 15 is 0 Å². The van der Waals surface area contributed by atoms with Crippen LogP contribution in [0.15, 0.2) is 121 Å². The second kappa shape index (κ2) is 12.9. The average Bonchev–Trinajstić information content (AvgIpc) is 2.99. The van der Waals surface area contributed by atoms with Gasteiger partial charge in [-0.1, -0.05) is 121 Å². The van der Waals surface area contributed by atoms with Crippen molar-refractivity contribution < 1.29 is 19.4 Å². The van der Waals surface area contributed by atoms with Crippen LogP contribution in [0.1, 0.15) is 42.0 Å². The van der Waals surface area contributed by atoms with Crippen LogP contribution in [0.25, 0.3) is 0 Å². The molecule has 200 valence electrons. The van der Waals surface area contributed by atoms with Crippen LogP contribution in [0.5, 0.6) is 0 Å².